The molecule has 1 fully saturated rings. The summed E-state index contributed by atoms with van der Waals surface area (Å²) in [6, 6.07) is 9.07. The van der Waals surface area contributed by atoms with Gasteiger partial charge in [0.25, 0.3) is 0 Å². The van der Waals surface area contributed by atoms with E-state index in [2.05, 4.69) is 10.3 Å². The lowest BCUT2D eigenvalue weighted by molar-refractivity contribution is -0.140. The third-order valence-electron chi connectivity index (χ3n) is 4.51. The highest BCUT2D eigenvalue weighted by molar-refractivity contribution is 5.94. The van der Waals surface area contributed by atoms with Crippen molar-refractivity contribution in [2.75, 3.05) is 18.4 Å². The number of anilines is 1. The number of aromatic nitrogens is 1. The Morgan fingerprint density at radius 2 is 1.93 bits per heavy atom. The van der Waals surface area contributed by atoms with Crippen molar-refractivity contribution in [1.29, 1.82) is 0 Å². The third-order valence-corrected chi connectivity index (χ3v) is 4.51. The molecule has 10 heteroatoms. The van der Waals surface area contributed by atoms with Crippen molar-refractivity contribution >= 4 is 17.6 Å². The second-order valence-corrected chi connectivity index (χ2v) is 6.91. The number of amides is 3. The molecule has 2 aromatic rings. The Bertz CT molecular complexity index is 886. The highest BCUT2D eigenvalue weighted by Crippen LogP contribution is 2.23. The van der Waals surface area contributed by atoms with Gasteiger partial charge in [0.05, 0.1) is 11.9 Å². The fraction of sp³-hybridized carbons (Fsp3) is 0.350. The van der Waals surface area contributed by atoms with Crippen molar-refractivity contribution < 1.29 is 27.5 Å². The minimum atomic E-state index is -4.50. The van der Waals surface area contributed by atoms with Crippen molar-refractivity contribution in [1.82, 2.24) is 15.2 Å². The van der Waals surface area contributed by atoms with E-state index in [9.17, 15) is 22.8 Å². The van der Waals surface area contributed by atoms with Crippen molar-refractivity contribution in [3.05, 3.63) is 48.2 Å². The van der Waals surface area contributed by atoms with Crippen molar-refractivity contribution in [2.45, 2.75) is 32.0 Å². The summed E-state index contributed by atoms with van der Waals surface area (Å²) in [4.78, 5) is 29.9. The average Bonchev–Trinajstić information content (AvgIpc) is 3.19. The van der Waals surface area contributed by atoms with Gasteiger partial charge in [-0.3, -0.25) is 4.79 Å². The Balaban J connectivity index is 1.56. The van der Waals surface area contributed by atoms with E-state index in [1.165, 1.54) is 11.1 Å². The highest BCUT2D eigenvalue weighted by Gasteiger charge is 2.36. The maximum atomic E-state index is 12.5. The number of likely N-dealkylation sites (tertiary alicyclic amines) is 1. The monoisotopic (exact) mass is 422 g/mol. The predicted molar refractivity (Wildman–Crippen MR) is 103 cm³/mol. The number of benzene rings is 1. The van der Waals surface area contributed by atoms with Crippen LogP contribution in [0.2, 0.25) is 0 Å². The standard InChI is InChI=1S/C20H21F3N4O3/c1-13-4-7-15(8-5-13)30-17-9-6-14(11-24-17)26-19(29)27-10-2-3-16(27)18(28)25-12-20(21,22)23/h4-9,11,16H,2-3,10,12H2,1H3,(H,25,28)(H,26,29). The Morgan fingerprint density at radius 3 is 2.57 bits per heavy atom. The molecule has 0 radical (unpaired) electrons. The van der Waals surface area contributed by atoms with Gasteiger partial charge in [0, 0.05) is 12.6 Å². The molecular weight excluding hydrogens is 401 g/mol. The van der Waals surface area contributed by atoms with Crippen LogP contribution in [-0.2, 0) is 4.79 Å². The lowest BCUT2D eigenvalue weighted by atomic mass is 10.2. The number of rotatable bonds is 5. The minimum Gasteiger partial charge on any atom is -0.439 e. The number of carbonyl (C=O) groups excluding carboxylic acids is 2. The zero-order valence-electron chi connectivity index (χ0n) is 16.2. The molecule has 1 unspecified atom stereocenters. The molecule has 1 aliphatic heterocycles. The van der Waals surface area contributed by atoms with E-state index in [1.54, 1.807) is 12.1 Å². The molecule has 0 saturated carbocycles. The third kappa shape index (κ3) is 5.85. The van der Waals surface area contributed by atoms with Gasteiger partial charge in [0.2, 0.25) is 11.8 Å². The van der Waals surface area contributed by atoms with Crippen LogP contribution in [0, 0.1) is 6.92 Å². The molecule has 0 aliphatic carbocycles. The number of pyridine rings is 1. The first kappa shape index (κ1) is 21.4. The molecule has 1 atom stereocenters. The smallest absolute Gasteiger partial charge is 0.405 e. The number of halogens is 3. The van der Waals surface area contributed by atoms with E-state index >= 15 is 0 Å². The van der Waals surface area contributed by atoms with Crippen LogP contribution in [0.25, 0.3) is 0 Å². The first-order valence-corrected chi connectivity index (χ1v) is 9.34. The highest BCUT2D eigenvalue weighted by atomic mass is 19.4. The minimum absolute atomic E-state index is 0.276. The van der Waals surface area contributed by atoms with Crippen LogP contribution in [0.1, 0.15) is 18.4 Å². The van der Waals surface area contributed by atoms with Gasteiger partial charge in [-0.1, -0.05) is 17.7 Å². The molecule has 1 aliphatic rings. The van der Waals surface area contributed by atoms with Gasteiger partial charge in [-0.05, 0) is 38.0 Å². The molecule has 160 valence electrons. The Hall–Kier alpha value is -3.30. The van der Waals surface area contributed by atoms with Crippen molar-refractivity contribution in [2.24, 2.45) is 0 Å². The van der Waals surface area contributed by atoms with Crippen LogP contribution in [0.4, 0.5) is 23.7 Å². The van der Waals surface area contributed by atoms with E-state index in [4.69, 9.17) is 4.74 Å². The number of hydrogen-bond donors (Lipinski definition) is 2. The number of nitrogens with one attached hydrogen (secondary N) is 2. The fourth-order valence-corrected chi connectivity index (χ4v) is 3.02. The summed E-state index contributed by atoms with van der Waals surface area (Å²) in [6.45, 7) is 0.812. The molecule has 0 bridgehead atoms. The van der Waals surface area contributed by atoms with Crippen LogP contribution in [0.3, 0.4) is 0 Å². The zero-order valence-corrected chi connectivity index (χ0v) is 16.2. The van der Waals surface area contributed by atoms with Gasteiger partial charge < -0.3 is 20.3 Å². The zero-order chi connectivity index (χ0) is 21.7. The van der Waals surface area contributed by atoms with E-state index in [0.29, 0.717) is 30.2 Å². The summed E-state index contributed by atoms with van der Waals surface area (Å²) < 4.78 is 42.5. The number of alkyl halides is 3. The maximum absolute atomic E-state index is 12.5. The molecule has 7 nitrogen and oxygen atoms in total. The number of hydrogen-bond acceptors (Lipinski definition) is 4. The molecule has 30 heavy (non-hydrogen) atoms. The maximum Gasteiger partial charge on any atom is 0.405 e. The molecule has 3 rings (SSSR count). The van der Waals surface area contributed by atoms with E-state index < -0.39 is 30.7 Å². The predicted octanol–water partition coefficient (Wildman–Crippen LogP) is 3.86. The van der Waals surface area contributed by atoms with Gasteiger partial charge >= 0.3 is 12.2 Å². The molecule has 1 aromatic carbocycles. The van der Waals surface area contributed by atoms with Crippen molar-refractivity contribution in [3.63, 3.8) is 0 Å². The van der Waals surface area contributed by atoms with E-state index in [1.807, 2.05) is 36.5 Å². The summed E-state index contributed by atoms with van der Waals surface area (Å²) in [5.74, 6) is 0.136. The Labute approximate surface area is 171 Å². The number of aryl methyl sites for hydroxylation is 1. The van der Waals surface area contributed by atoms with Crippen LogP contribution >= 0.6 is 0 Å². The largest absolute Gasteiger partial charge is 0.439 e. The van der Waals surface area contributed by atoms with E-state index in [-0.39, 0.29) is 6.54 Å². The summed E-state index contributed by atoms with van der Waals surface area (Å²) in [6.07, 6.45) is -2.27. The Kier molecular flexibility index (Phi) is 6.43. The quantitative estimate of drug-likeness (QED) is 0.767. The van der Waals surface area contributed by atoms with Gasteiger partial charge in [0.1, 0.15) is 18.3 Å². The van der Waals surface area contributed by atoms with Crippen molar-refractivity contribution in [3.8, 4) is 11.6 Å². The SMILES string of the molecule is Cc1ccc(Oc2ccc(NC(=O)N3CCCC3C(=O)NCC(F)(F)F)cn2)cc1. The molecule has 1 saturated heterocycles. The molecule has 2 N–H and O–H groups in total. The van der Waals surface area contributed by atoms with Crippen LogP contribution in [0.15, 0.2) is 42.6 Å². The van der Waals surface area contributed by atoms with E-state index in [0.717, 1.165) is 5.56 Å². The first-order chi connectivity index (χ1) is 14.2. The number of urea groups is 1. The van der Waals surface area contributed by atoms with Gasteiger partial charge in [-0.25, -0.2) is 9.78 Å². The topological polar surface area (TPSA) is 83.6 Å². The molecule has 1 aromatic heterocycles. The molecule has 3 amide bonds. The van der Waals surface area contributed by atoms with Crippen LogP contribution in [-0.4, -0.2) is 47.1 Å². The Morgan fingerprint density at radius 1 is 1.20 bits per heavy atom. The first-order valence-electron chi connectivity index (χ1n) is 9.34. The van der Waals surface area contributed by atoms with Gasteiger partial charge in [0.15, 0.2) is 0 Å². The van der Waals surface area contributed by atoms with Gasteiger partial charge in [-0.15, -0.1) is 0 Å². The second kappa shape index (κ2) is 9.02. The van der Waals surface area contributed by atoms with Gasteiger partial charge in [-0.2, -0.15) is 13.2 Å². The number of ether oxygens (including phenoxy) is 1. The molecular formula is C20H21F3N4O3. The second-order valence-electron chi connectivity index (χ2n) is 6.91. The lowest BCUT2D eigenvalue weighted by Gasteiger charge is -2.24. The fourth-order valence-electron chi connectivity index (χ4n) is 3.02. The number of nitrogens with zero attached hydrogens (tertiary/aromatic N) is 2. The summed E-state index contributed by atoms with van der Waals surface area (Å²) >= 11 is 0. The molecule has 0 spiro atoms. The summed E-state index contributed by atoms with van der Waals surface area (Å²) in [5.41, 5.74) is 1.47. The molecule has 2 heterocycles. The van der Waals surface area contributed by atoms with Crippen LogP contribution in [0.5, 0.6) is 11.6 Å². The van der Waals surface area contributed by atoms with Crippen LogP contribution < -0.4 is 15.4 Å². The lowest BCUT2D eigenvalue weighted by Crippen LogP contribution is -2.49. The summed E-state index contributed by atoms with van der Waals surface area (Å²) in [7, 11) is 0. The normalized spacial score (nSPS) is 16.3. The average molecular weight is 422 g/mol. The summed E-state index contributed by atoms with van der Waals surface area (Å²) in [5, 5.41) is 4.44. The number of carbonyl (C=O) groups is 2.